The average Bonchev–Trinajstić information content (AvgIpc) is 2.91. The van der Waals surface area contributed by atoms with E-state index in [0.717, 1.165) is 18.5 Å². The molecule has 1 aromatic carbocycles. The number of halogens is 2. The number of aryl methyl sites for hydroxylation is 1. The minimum absolute atomic E-state index is 0.0314. The Morgan fingerprint density at radius 1 is 1.21 bits per heavy atom. The van der Waals surface area contributed by atoms with E-state index < -0.39 is 0 Å². The van der Waals surface area contributed by atoms with E-state index in [9.17, 15) is 4.79 Å². The second-order valence-electron chi connectivity index (χ2n) is 4.32. The van der Waals surface area contributed by atoms with Crippen LogP contribution in [0.15, 0.2) is 38.0 Å². The van der Waals surface area contributed by atoms with Gasteiger partial charge in [0.15, 0.2) is 5.78 Å². The molecule has 2 nitrogen and oxygen atoms in total. The fraction of sp³-hybridized carbons (Fsp3) is 0.0714. The summed E-state index contributed by atoms with van der Waals surface area (Å²) in [5.74, 6) is 0.0314. The predicted octanol–water partition coefficient (Wildman–Crippen LogP) is 5.29. The standard InChI is InChI=1S/C14H9Br2NOS/c1-7-2-3-8-10(6-17-11(8)4-7)13(18)9-5-12(15)19-14(9)16/h2-6,17H,1H3. The van der Waals surface area contributed by atoms with Gasteiger partial charge in [0, 0.05) is 28.2 Å². The summed E-state index contributed by atoms with van der Waals surface area (Å²) >= 11 is 8.34. The maximum atomic E-state index is 12.6. The van der Waals surface area contributed by atoms with Gasteiger partial charge in [-0.05, 0) is 56.5 Å². The minimum Gasteiger partial charge on any atom is -0.360 e. The number of aromatic amines is 1. The van der Waals surface area contributed by atoms with Gasteiger partial charge in [0.1, 0.15) is 0 Å². The molecular formula is C14H9Br2NOS. The molecule has 0 radical (unpaired) electrons. The summed E-state index contributed by atoms with van der Waals surface area (Å²) in [7, 11) is 0. The van der Waals surface area contributed by atoms with E-state index in [1.807, 2.05) is 31.2 Å². The Balaban J connectivity index is 2.14. The van der Waals surface area contributed by atoms with Crippen LogP contribution in [0.25, 0.3) is 10.9 Å². The Morgan fingerprint density at radius 3 is 2.68 bits per heavy atom. The average molecular weight is 399 g/mol. The first-order valence-electron chi connectivity index (χ1n) is 5.63. The van der Waals surface area contributed by atoms with Crippen LogP contribution in [0.3, 0.4) is 0 Å². The summed E-state index contributed by atoms with van der Waals surface area (Å²) in [4.78, 5) is 15.7. The van der Waals surface area contributed by atoms with Crippen molar-refractivity contribution < 1.29 is 4.79 Å². The zero-order valence-corrected chi connectivity index (χ0v) is 13.9. The number of carbonyl (C=O) groups excluding carboxylic acids is 1. The van der Waals surface area contributed by atoms with Gasteiger partial charge in [-0.2, -0.15) is 0 Å². The lowest BCUT2D eigenvalue weighted by Gasteiger charge is -1.98. The molecule has 0 unspecified atom stereocenters. The van der Waals surface area contributed by atoms with Crippen molar-refractivity contribution in [3.8, 4) is 0 Å². The Bertz CT molecular complexity index is 788. The number of ketones is 1. The second kappa shape index (κ2) is 4.89. The molecule has 0 bridgehead atoms. The molecule has 0 spiro atoms. The van der Waals surface area contributed by atoms with Crippen molar-refractivity contribution in [1.29, 1.82) is 0 Å². The molecule has 2 aromatic heterocycles. The molecule has 5 heteroatoms. The zero-order chi connectivity index (χ0) is 13.6. The van der Waals surface area contributed by atoms with E-state index in [4.69, 9.17) is 0 Å². The van der Waals surface area contributed by atoms with E-state index in [2.05, 4.69) is 36.8 Å². The zero-order valence-electron chi connectivity index (χ0n) is 9.96. The number of thiophene rings is 1. The SMILES string of the molecule is Cc1ccc2c(C(=O)c3cc(Br)sc3Br)c[nH]c2c1. The maximum Gasteiger partial charge on any atom is 0.197 e. The van der Waals surface area contributed by atoms with Crippen molar-refractivity contribution in [3.05, 3.63) is 54.7 Å². The molecule has 96 valence electrons. The molecule has 3 aromatic rings. The van der Waals surface area contributed by atoms with Crippen LogP contribution in [0.1, 0.15) is 21.5 Å². The molecule has 0 aliphatic heterocycles. The quantitative estimate of drug-likeness (QED) is 0.584. The van der Waals surface area contributed by atoms with E-state index in [1.165, 1.54) is 16.9 Å². The summed E-state index contributed by atoms with van der Waals surface area (Å²) < 4.78 is 1.80. The highest BCUT2D eigenvalue weighted by atomic mass is 79.9. The summed E-state index contributed by atoms with van der Waals surface area (Å²) in [5.41, 5.74) is 3.57. The number of benzene rings is 1. The lowest BCUT2D eigenvalue weighted by molar-refractivity contribution is 0.104. The van der Waals surface area contributed by atoms with Gasteiger partial charge < -0.3 is 4.98 Å². The number of fused-ring (bicyclic) bond motifs is 1. The largest absolute Gasteiger partial charge is 0.360 e. The van der Waals surface area contributed by atoms with Crippen LogP contribution in [0, 0.1) is 6.92 Å². The molecule has 3 rings (SSSR count). The smallest absolute Gasteiger partial charge is 0.197 e. The second-order valence-corrected chi connectivity index (χ2v) is 8.07. The van der Waals surface area contributed by atoms with Crippen molar-refractivity contribution in [2.45, 2.75) is 6.92 Å². The van der Waals surface area contributed by atoms with Gasteiger partial charge in [-0.3, -0.25) is 4.79 Å². The van der Waals surface area contributed by atoms with Crippen LogP contribution in [-0.2, 0) is 0 Å². The first-order chi connectivity index (χ1) is 9.06. The predicted molar refractivity (Wildman–Crippen MR) is 86.2 cm³/mol. The topological polar surface area (TPSA) is 32.9 Å². The van der Waals surface area contributed by atoms with Gasteiger partial charge in [-0.1, -0.05) is 12.1 Å². The molecule has 2 heterocycles. The highest BCUT2D eigenvalue weighted by Crippen LogP contribution is 2.34. The molecule has 0 fully saturated rings. The summed E-state index contributed by atoms with van der Waals surface area (Å²) in [5, 5.41) is 0.963. The first-order valence-corrected chi connectivity index (χ1v) is 8.04. The van der Waals surface area contributed by atoms with Gasteiger partial charge >= 0.3 is 0 Å². The molecule has 0 aliphatic carbocycles. The molecule has 0 saturated heterocycles. The normalized spacial score (nSPS) is 11.1. The Kier molecular flexibility index (Phi) is 3.37. The number of hydrogen-bond acceptors (Lipinski definition) is 2. The number of hydrogen-bond donors (Lipinski definition) is 1. The molecule has 0 atom stereocenters. The monoisotopic (exact) mass is 397 g/mol. The number of carbonyl (C=O) groups is 1. The van der Waals surface area contributed by atoms with Gasteiger partial charge in [0.2, 0.25) is 0 Å². The van der Waals surface area contributed by atoms with Crippen molar-refractivity contribution in [3.63, 3.8) is 0 Å². The van der Waals surface area contributed by atoms with Crippen LogP contribution >= 0.6 is 43.2 Å². The highest BCUT2D eigenvalue weighted by molar-refractivity contribution is 9.12. The van der Waals surface area contributed by atoms with Crippen LogP contribution < -0.4 is 0 Å². The number of nitrogens with one attached hydrogen (secondary N) is 1. The molecule has 0 aliphatic rings. The molecule has 19 heavy (non-hydrogen) atoms. The lowest BCUT2D eigenvalue weighted by atomic mass is 10.0. The number of H-pyrrole nitrogens is 1. The fourth-order valence-electron chi connectivity index (χ4n) is 2.07. The highest BCUT2D eigenvalue weighted by Gasteiger charge is 2.18. The lowest BCUT2D eigenvalue weighted by Crippen LogP contribution is -1.99. The van der Waals surface area contributed by atoms with Crippen molar-refractivity contribution in [2.75, 3.05) is 0 Å². The number of aromatic nitrogens is 1. The van der Waals surface area contributed by atoms with Crippen LogP contribution in [0.4, 0.5) is 0 Å². The Hall–Kier alpha value is -0.910. The van der Waals surface area contributed by atoms with Crippen molar-refractivity contribution in [2.24, 2.45) is 0 Å². The summed E-state index contributed by atoms with van der Waals surface area (Å²) in [6.07, 6.45) is 1.78. The maximum absolute atomic E-state index is 12.6. The van der Waals surface area contributed by atoms with E-state index in [0.29, 0.717) is 11.1 Å². The number of rotatable bonds is 2. The van der Waals surface area contributed by atoms with E-state index >= 15 is 0 Å². The summed E-state index contributed by atoms with van der Waals surface area (Å²) in [6.45, 7) is 2.04. The third-order valence-electron chi connectivity index (χ3n) is 2.98. The fourth-order valence-corrected chi connectivity index (χ4v) is 4.86. The van der Waals surface area contributed by atoms with E-state index in [-0.39, 0.29) is 5.78 Å². The molecule has 0 amide bonds. The minimum atomic E-state index is 0.0314. The van der Waals surface area contributed by atoms with E-state index in [1.54, 1.807) is 6.20 Å². The molecule has 0 saturated carbocycles. The van der Waals surface area contributed by atoms with Crippen LogP contribution in [0.5, 0.6) is 0 Å². The third-order valence-corrected chi connectivity index (χ3v) is 5.32. The molecular weight excluding hydrogens is 390 g/mol. The van der Waals surface area contributed by atoms with Crippen LogP contribution in [0.2, 0.25) is 0 Å². The van der Waals surface area contributed by atoms with Crippen molar-refractivity contribution >= 4 is 59.9 Å². The first kappa shape index (κ1) is 13.1. The van der Waals surface area contributed by atoms with Gasteiger partial charge in [-0.15, -0.1) is 11.3 Å². The Morgan fingerprint density at radius 2 is 2.00 bits per heavy atom. The summed E-state index contributed by atoms with van der Waals surface area (Å²) in [6, 6.07) is 7.91. The van der Waals surface area contributed by atoms with Crippen molar-refractivity contribution in [1.82, 2.24) is 4.98 Å². The van der Waals surface area contributed by atoms with Crippen LogP contribution in [-0.4, -0.2) is 10.8 Å². The molecule has 1 N–H and O–H groups in total. The third kappa shape index (κ3) is 2.30. The van der Waals surface area contributed by atoms with Gasteiger partial charge in [0.05, 0.1) is 7.57 Å². The van der Waals surface area contributed by atoms with Gasteiger partial charge in [-0.25, -0.2) is 0 Å². The van der Waals surface area contributed by atoms with Gasteiger partial charge in [0.25, 0.3) is 0 Å². The Labute approximate surface area is 131 Å².